The van der Waals surface area contributed by atoms with Gasteiger partial charge in [-0.15, -0.1) is 0 Å². The van der Waals surface area contributed by atoms with Gasteiger partial charge >= 0.3 is 6.09 Å². The van der Waals surface area contributed by atoms with Crippen LogP contribution in [0.25, 0.3) is 16.8 Å². The number of anilines is 1. The predicted molar refractivity (Wildman–Crippen MR) is 130 cm³/mol. The van der Waals surface area contributed by atoms with E-state index in [1.54, 1.807) is 20.3 Å². The van der Waals surface area contributed by atoms with Gasteiger partial charge in [-0.25, -0.2) is 9.31 Å². The van der Waals surface area contributed by atoms with E-state index in [2.05, 4.69) is 22.4 Å². The van der Waals surface area contributed by atoms with Gasteiger partial charge in [-0.05, 0) is 51.7 Å². The molecule has 2 aliphatic rings. The number of nitrogens with zero attached hydrogens (tertiary/aromatic N) is 5. The Bertz CT molecular complexity index is 1270. The molecule has 2 amide bonds. The predicted octanol–water partition coefficient (Wildman–Crippen LogP) is 3.72. The number of aromatic nitrogens is 4. The van der Waals surface area contributed by atoms with Crippen LogP contribution in [0.1, 0.15) is 40.5 Å². The number of hydrogen-bond donors (Lipinski definition) is 1. The smallest absolute Gasteiger partial charge is 0.410 e. The van der Waals surface area contributed by atoms with E-state index in [1.807, 2.05) is 52.2 Å². The number of aryl methyl sites for hydroxylation is 1. The van der Waals surface area contributed by atoms with E-state index < -0.39 is 5.60 Å². The molecule has 4 heterocycles. The van der Waals surface area contributed by atoms with Crippen molar-refractivity contribution < 1.29 is 19.1 Å². The minimum Gasteiger partial charge on any atom is -0.487 e. The van der Waals surface area contributed by atoms with Crippen LogP contribution in [0.3, 0.4) is 0 Å². The highest BCUT2D eigenvalue weighted by atomic mass is 16.6. The first-order valence-corrected chi connectivity index (χ1v) is 12.0. The SMILES string of the molecule is C[C@H]1C[C@@H]1C(=O)Nc1cc2cc(-c3c(OC[C@H]4CCN4C(=O)OC(C)(C)C)cnn3C)ccn2n1. The number of amides is 2. The largest absolute Gasteiger partial charge is 0.487 e. The lowest BCUT2D eigenvalue weighted by atomic mass is 10.1. The molecule has 35 heavy (non-hydrogen) atoms. The molecule has 3 aromatic heterocycles. The van der Waals surface area contributed by atoms with Gasteiger partial charge in [-0.3, -0.25) is 9.48 Å². The van der Waals surface area contributed by atoms with Crippen molar-refractivity contribution >= 4 is 23.3 Å². The summed E-state index contributed by atoms with van der Waals surface area (Å²) >= 11 is 0. The van der Waals surface area contributed by atoms with Gasteiger partial charge in [-0.2, -0.15) is 10.2 Å². The first kappa shape index (κ1) is 23.2. The van der Waals surface area contributed by atoms with Crippen LogP contribution in [0.2, 0.25) is 0 Å². The average Bonchev–Trinajstić information content (AvgIpc) is 3.17. The molecule has 1 N–H and O–H groups in total. The quantitative estimate of drug-likeness (QED) is 0.577. The lowest BCUT2D eigenvalue weighted by Gasteiger charge is -2.40. The van der Waals surface area contributed by atoms with Crippen LogP contribution >= 0.6 is 0 Å². The summed E-state index contributed by atoms with van der Waals surface area (Å²) in [7, 11) is 1.86. The summed E-state index contributed by atoms with van der Waals surface area (Å²) in [5.74, 6) is 1.74. The number of carbonyl (C=O) groups is 2. The Labute approximate surface area is 204 Å². The molecule has 1 saturated carbocycles. The van der Waals surface area contributed by atoms with E-state index in [4.69, 9.17) is 9.47 Å². The third-order valence-electron chi connectivity index (χ3n) is 6.54. The summed E-state index contributed by atoms with van der Waals surface area (Å²) in [6.45, 7) is 8.69. The van der Waals surface area contributed by atoms with E-state index in [0.717, 1.165) is 29.6 Å². The molecule has 0 aromatic carbocycles. The molecule has 3 aromatic rings. The molecule has 2 fully saturated rings. The number of hydrogen-bond acceptors (Lipinski definition) is 6. The van der Waals surface area contributed by atoms with E-state index in [9.17, 15) is 9.59 Å². The molecule has 186 valence electrons. The Kier molecular flexibility index (Phi) is 5.69. The van der Waals surface area contributed by atoms with Crippen LogP contribution in [0.15, 0.2) is 30.6 Å². The highest BCUT2D eigenvalue weighted by molar-refractivity contribution is 5.94. The second-order valence-corrected chi connectivity index (χ2v) is 10.5. The zero-order chi connectivity index (χ0) is 24.9. The Balaban J connectivity index is 1.28. The van der Waals surface area contributed by atoms with Crippen LogP contribution in [0.4, 0.5) is 10.6 Å². The van der Waals surface area contributed by atoms with Crippen molar-refractivity contribution in [3.05, 3.63) is 30.6 Å². The summed E-state index contributed by atoms with van der Waals surface area (Å²) < 4.78 is 15.1. The normalized spacial score (nSPS) is 21.5. The molecule has 5 rings (SSSR count). The molecular formula is C25H32N6O4. The van der Waals surface area contributed by atoms with Gasteiger partial charge in [0, 0.05) is 37.3 Å². The van der Waals surface area contributed by atoms with Gasteiger partial charge < -0.3 is 19.7 Å². The van der Waals surface area contributed by atoms with Crippen molar-refractivity contribution in [2.24, 2.45) is 18.9 Å². The summed E-state index contributed by atoms with van der Waals surface area (Å²) in [4.78, 5) is 26.4. The number of carbonyl (C=O) groups excluding carboxylic acids is 2. The molecule has 10 nitrogen and oxygen atoms in total. The van der Waals surface area contributed by atoms with Crippen molar-refractivity contribution in [1.29, 1.82) is 0 Å². The first-order chi connectivity index (χ1) is 16.6. The van der Waals surface area contributed by atoms with Crippen molar-refractivity contribution in [3.8, 4) is 17.0 Å². The number of fused-ring (bicyclic) bond motifs is 1. The maximum atomic E-state index is 12.4. The molecule has 3 atom stereocenters. The third-order valence-corrected chi connectivity index (χ3v) is 6.54. The van der Waals surface area contributed by atoms with Gasteiger partial charge in [0.15, 0.2) is 11.6 Å². The van der Waals surface area contributed by atoms with E-state index in [1.165, 1.54) is 0 Å². The molecular weight excluding hydrogens is 448 g/mol. The Morgan fingerprint density at radius 3 is 2.69 bits per heavy atom. The van der Waals surface area contributed by atoms with Crippen molar-refractivity contribution in [2.75, 3.05) is 18.5 Å². The molecule has 0 unspecified atom stereocenters. The minimum absolute atomic E-state index is 0.0277. The molecule has 0 radical (unpaired) electrons. The Morgan fingerprint density at radius 2 is 2.03 bits per heavy atom. The van der Waals surface area contributed by atoms with Gasteiger partial charge in [0.25, 0.3) is 0 Å². The molecule has 1 saturated heterocycles. The highest BCUT2D eigenvalue weighted by Crippen LogP contribution is 2.38. The standard InChI is InChI=1S/C25H32N6O4/c1-15-10-19(15)23(32)27-21-12-18-11-16(6-9-31(18)28-21)22-20(13-26-29(22)5)34-14-17-7-8-30(17)24(33)35-25(2,3)4/h6,9,11-13,15,17,19H,7-8,10,14H2,1-5H3,(H,27,28,32)/t15-,17+,19-/m0/s1. The van der Waals surface area contributed by atoms with Crippen LogP contribution < -0.4 is 10.1 Å². The maximum Gasteiger partial charge on any atom is 0.410 e. The molecule has 0 bridgehead atoms. The molecule has 1 aliphatic heterocycles. The number of likely N-dealkylation sites (tertiary alicyclic amines) is 1. The maximum absolute atomic E-state index is 12.4. The second kappa shape index (κ2) is 8.58. The zero-order valence-corrected chi connectivity index (χ0v) is 20.8. The van der Waals surface area contributed by atoms with Gasteiger partial charge in [-0.1, -0.05) is 6.92 Å². The first-order valence-electron chi connectivity index (χ1n) is 12.0. The number of pyridine rings is 1. The highest BCUT2D eigenvalue weighted by Gasteiger charge is 2.39. The number of nitrogens with one attached hydrogen (secondary N) is 1. The zero-order valence-electron chi connectivity index (χ0n) is 20.8. The summed E-state index contributed by atoms with van der Waals surface area (Å²) in [6, 6.07) is 5.76. The van der Waals surface area contributed by atoms with Gasteiger partial charge in [0.1, 0.15) is 17.9 Å². The molecule has 10 heteroatoms. The van der Waals surface area contributed by atoms with Crippen LogP contribution in [-0.4, -0.2) is 61.1 Å². The summed E-state index contributed by atoms with van der Waals surface area (Å²) in [6.07, 6.45) is 5.03. The van der Waals surface area contributed by atoms with Crippen LogP contribution in [0, 0.1) is 11.8 Å². The number of rotatable bonds is 6. The Hall–Kier alpha value is -3.56. The average molecular weight is 481 g/mol. The van der Waals surface area contributed by atoms with Gasteiger partial charge in [0.2, 0.25) is 5.91 Å². The van der Waals surface area contributed by atoms with E-state index >= 15 is 0 Å². The fourth-order valence-corrected chi connectivity index (χ4v) is 4.32. The summed E-state index contributed by atoms with van der Waals surface area (Å²) in [5, 5.41) is 11.8. The second-order valence-electron chi connectivity index (χ2n) is 10.5. The summed E-state index contributed by atoms with van der Waals surface area (Å²) in [5.41, 5.74) is 2.07. The van der Waals surface area contributed by atoms with Crippen LogP contribution in [-0.2, 0) is 16.6 Å². The van der Waals surface area contributed by atoms with Crippen molar-refractivity contribution in [1.82, 2.24) is 24.3 Å². The minimum atomic E-state index is -0.528. The fraction of sp³-hybridized carbons (Fsp3) is 0.520. The van der Waals surface area contributed by atoms with E-state index in [-0.39, 0.29) is 24.0 Å². The van der Waals surface area contributed by atoms with E-state index in [0.29, 0.717) is 30.6 Å². The molecule has 0 spiro atoms. The van der Waals surface area contributed by atoms with Crippen molar-refractivity contribution in [2.45, 2.75) is 52.2 Å². The number of ether oxygens (including phenoxy) is 2. The monoisotopic (exact) mass is 480 g/mol. The van der Waals surface area contributed by atoms with Crippen LogP contribution in [0.5, 0.6) is 5.75 Å². The third kappa shape index (κ3) is 4.82. The lowest BCUT2D eigenvalue weighted by Crippen LogP contribution is -2.55. The Morgan fingerprint density at radius 1 is 1.26 bits per heavy atom. The van der Waals surface area contributed by atoms with Crippen molar-refractivity contribution in [3.63, 3.8) is 0 Å². The topological polar surface area (TPSA) is 103 Å². The fourth-order valence-electron chi connectivity index (χ4n) is 4.32. The van der Waals surface area contributed by atoms with Gasteiger partial charge in [0.05, 0.1) is 17.8 Å². The molecule has 1 aliphatic carbocycles. The lowest BCUT2D eigenvalue weighted by molar-refractivity contribution is -0.117.